The summed E-state index contributed by atoms with van der Waals surface area (Å²) in [5.74, 6) is -1.24. The molecule has 0 saturated carbocycles. The smallest absolute Gasteiger partial charge is 0.244 e. The second kappa shape index (κ2) is 12.2. The molecule has 192 valence electrons. The van der Waals surface area contributed by atoms with E-state index in [1.54, 1.807) is 38.1 Å². The Balaban J connectivity index is 2.46. The second-order valence-corrected chi connectivity index (χ2v) is 10.9. The maximum Gasteiger partial charge on any atom is 0.244 e. The van der Waals surface area contributed by atoms with Gasteiger partial charge in [0.1, 0.15) is 18.4 Å². The van der Waals surface area contributed by atoms with Crippen LogP contribution in [0.15, 0.2) is 42.5 Å². The molecule has 7 nitrogen and oxygen atoms in total. The Morgan fingerprint density at radius 1 is 1.03 bits per heavy atom. The van der Waals surface area contributed by atoms with Crippen molar-refractivity contribution in [3.05, 3.63) is 65.0 Å². The average Bonchev–Trinajstić information content (AvgIpc) is 2.78. The van der Waals surface area contributed by atoms with Crippen LogP contribution in [0.3, 0.4) is 0 Å². The van der Waals surface area contributed by atoms with E-state index in [2.05, 4.69) is 5.32 Å². The van der Waals surface area contributed by atoms with Crippen LogP contribution >= 0.6 is 0 Å². The lowest BCUT2D eigenvalue weighted by Gasteiger charge is -2.33. The minimum atomic E-state index is -3.80. The van der Waals surface area contributed by atoms with Crippen LogP contribution in [0.2, 0.25) is 0 Å². The van der Waals surface area contributed by atoms with Crippen molar-refractivity contribution in [2.45, 2.75) is 66.1 Å². The lowest BCUT2D eigenvalue weighted by Crippen LogP contribution is -2.53. The van der Waals surface area contributed by atoms with E-state index in [-0.39, 0.29) is 18.5 Å². The zero-order valence-corrected chi connectivity index (χ0v) is 22.2. The molecule has 9 heteroatoms. The lowest BCUT2D eigenvalue weighted by atomic mass is 10.1. The number of hydrogen-bond donors (Lipinski definition) is 1. The number of sulfonamides is 1. The molecule has 2 rings (SSSR count). The summed E-state index contributed by atoms with van der Waals surface area (Å²) in [4.78, 5) is 28.1. The van der Waals surface area contributed by atoms with Crippen LogP contribution in [0.5, 0.6) is 0 Å². The number of carbonyl (C=O) groups is 2. The van der Waals surface area contributed by atoms with Crippen molar-refractivity contribution in [3.63, 3.8) is 0 Å². The van der Waals surface area contributed by atoms with Crippen molar-refractivity contribution in [1.29, 1.82) is 0 Å². The van der Waals surface area contributed by atoms with Gasteiger partial charge >= 0.3 is 0 Å². The first kappa shape index (κ1) is 28.3. The maximum atomic E-state index is 13.6. The molecule has 2 amide bonds. The van der Waals surface area contributed by atoms with Gasteiger partial charge in [-0.1, -0.05) is 43.7 Å². The summed E-state index contributed by atoms with van der Waals surface area (Å²) in [5, 5.41) is 2.92. The molecule has 0 aliphatic rings. The highest BCUT2D eigenvalue weighted by Gasteiger charge is 2.32. The summed E-state index contributed by atoms with van der Waals surface area (Å²) in [7, 11) is -3.80. The molecule has 0 aliphatic carbocycles. The number of nitrogens with zero attached hydrogens (tertiary/aromatic N) is 2. The minimum Gasteiger partial charge on any atom is -0.352 e. The third kappa shape index (κ3) is 7.78. The number of benzene rings is 2. The summed E-state index contributed by atoms with van der Waals surface area (Å²) in [6.07, 6.45) is 2.11. The van der Waals surface area contributed by atoms with E-state index >= 15 is 0 Å². The van der Waals surface area contributed by atoms with E-state index < -0.39 is 34.3 Å². The first-order valence-electron chi connectivity index (χ1n) is 11.8. The molecule has 35 heavy (non-hydrogen) atoms. The van der Waals surface area contributed by atoms with Crippen LogP contribution in [-0.2, 0) is 26.2 Å². The normalized spacial score (nSPS) is 13.1. The summed E-state index contributed by atoms with van der Waals surface area (Å²) in [5.41, 5.74) is 2.73. The molecule has 2 aromatic carbocycles. The molecule has 0 radical (unpaired) electrons. The Labute approximate surface area is 208 Å². The maximum absolute atomic E-state index is 13.6. The van der Waals surface area contributed by atoms with E-state index in [1.807, 2.05) is 26.8 Å². The largest absolute Gasteiger partial charge is 0.352 e. The van der Waals surface area contributed by atoms with Gasteiger partial charge in [-0.05, 0) is 62.9 Å². The molecule has 2 atom stereocenters. The van der Waals surface area contributed by atoms with Crippen molar-refractivity contribution in [2.24, 2.45) is 0 Å². The number of amides is 2. The fourth-order valence-electron chi connectivity index (χ4n) is 3.83. The third-order valence-electron chi connectivity index (χ3n) is 5.95. The monoisotopic (exact) mass is 505 g/mol. The quantitative estimate of drug-likeness (QED) is 0.501. The summed E-state index contributed by atoms with van der Waals surface area (Å²) in [6, 6.07) is 10.1. The van der Waals surface area contributed by atoms with Crippen LogP contribution in [0.1, 0.15) is 50.3 Å². The Morgan fingerprint density at radius 2 is 1.66 bits per heavy atom. The van der Waals surface area contributed by atoms with Gasteiger partial charge in [0.25, 0.3) is 0 Å². The molecule has 0 unspecified atom stereocenters. The van der Waals surface area contributed by atoms with Gasteiger partial charge in [0.2, 0.25) is 21.8 Å². The van der Waals surface area contributed by atoms with Crippen LogP contribution < -0.4 is 9.62 Å². The molecule has 0 bridgehead atoms. The molecule has 0 spiro atoms. The van der Waals surface area contributed by atoms with Crippen LogP contribution in [0, 0.1) is 19.7 Å². The van der Waals surface area contributed by atoms with Gasteiger partial charge in [-0.15, -0.1) is 0 Å². The molecule has 0 heterocycles. The zero-order chi connectivity index (χ0) is 26.3. The van der Waals surface area contributed by atoms with Crippen LogP contribution in [-0.4, -0.2) is 50.0 Å². The van der Waals surface area contributed by atoms with Crippen LogP contribution in [0.25, 0.3) is 0 Å². The Kier molecular flexibility index (Phi) is 9.82. The number of nitrogens with one attached hydrogen (secondary N) is 1. The van der Waals surface area contributed by atoms with Crippen molar-refractivity contribution >= 4 is 27.5 Å². The zero-order valence-electron chi connectivity index (χ0n) is 21.3. The third-order valence-corrected chi connectivity index (χ3v) is 7.08. The number of hydrogen-bond acceptors (Lipinski definition) is 4. The predicted octanol–water partition coefficient (Wildman–Crippen LogP) is 3.93. The molecule has 0 saturated heterocycles. The van der Waals surface area contributed by atoms with E-state index in [0.717, 1.165) is 28.1 Å². The Bertz CT molecular complexity index is 1140. The first-order valence-corrected chi connectivity index (χ1v) is 13.6. The second-order valence-electron chi connectivity index (χ2n) is 8.95. The van der Waals surface area contributed by atoms with Crippen molar-refractivity contribution in [3.8, 4) is 0 Å². The van der Waals surface area contributed by atoms with E-state index in [0.29, 0.717) is 17.7 Å². The molecule has 0 aromatic heterocycles. The van der Waals surface area contributed by atoms with Gasteiger partial charge in [0.05, 0.1) is 11.9 Å². The molecule has 1 N–H and O–H groups in total. The fraction of sp³-hybridized carbons (Fsp3) is 0.462. The number of anilines is 1. The minimum absolute atomic E-state index is 0.0377. The van der Waals surface area contributed by atoms with Gasteiger partial charge < -0.3 is 10.2 Å². The van der Waals surface area contributed by atoms with Gasteiger partial charge in [-0.2, -0.15) is 0 Å². The van der Waals surface area contributed by atoms with Crippen molar-refractivity contribution < 1.29 is 22.4 Å². The SMILES string of the molecule is CC[C@H](C(=O)N[C@@H](C)CC)N(Cc1ccc(F)cc1)C(=O)CN(c1ccc(C)cc1C)S(C)(=O)=O. The topological polar surface area (TPSA) is 86.8 Å². The number of carbonyl (C=O) groups excluding carboxylic acids is 2. The standard InChI is InChI=1S/C26H36FN3O4S/c1-7-20(5)28-26(32)23(8-2)29(16-21-10-12-22(27)13-11-21)25(31)17-30(35(6,33)34)24-14-9-18(3)15-19(24)4/h9-15,20,23H,7-8,16-17H2,1-6H3,(H,28,32)/t20-,23+/m0/s1. The number of halogens is 1. The Morgan fingerprint density at radius 3 is 2.17 bits per heavy atom. The highest BCUT2D eigenvalue weighted by molar-refractivity contribution is 7.92. The Hall–Kier alpha value is -2.94. The fourth-order valence-corrected chi connectivity index (χ4v) is 4.73. The number of rotatable bonds is 11. The summed E-state index contributed by atoms with van der Waals surface area (Å²) < 4.78 is 40.0. The highest BCUT2D eigenvalue weighted by Crippen LogP contribution is 2.24. The van der Waals surface area contributed by atoms with Gasteiger partial charge in [0, 0.05) is 12.6 Å². The van der Waals surface area contributed by atoms with Gasteiger partial charge in [0.15, 0.2) is 0 Å². The summed E-state index contributed by atoms with van der Waals surface area (Å²) >= 11 is 0. The highest BCUT2D eigenvalue weighted by atomic mass is 32.2. The van der Waals surface area contributed by atoms with E-state index in [4.69, 9.17) is 0 Å². The molecule has 0 aliphatic heterocycles. The molecular formula is C26H36FN3O4S. The number of aryl methyl sites for hydroxylation is 2. The van der Waals surface area contributed by atoms with E-state index in [9.17, 15) is 22.4 Å². The van der Waals surface area contributed by atoms with Crippen LogP contribution in [0.4, 0.5) is 10.1 Å². The summed E-state index contributed by atoms with van der Waals surface area (Å²) in [6.45, 7) is 8.88. The molecule has 0 fully saturated rings. The van der Waals surface area contributed by atoms with E-state index in [1.165, 1.54) is 17.0 Å². The van der Waals surface area contributed by atoms with Crippen molar-refractivity contribution in [2.75, 3.05) is 17.1 Å². The average molecular weight is 506 g/mol. The first-order chi connectivity index (χ1) is 16.4. The van der Waals surface area contributed by atoms with Gasteiger partial charge in [-0.3, -0.25) is 13.9 Å². The predicted molar refractivity (Wildman–Crippen MR) is 137 cm³/mol. The molecular weight excluding hydrogens is 469 g/mol. The van der Waals surface area contributed by atoms with Gasteiger partial charge in [-0.25, -0.2) is 12.8 Å². The molecule has 2 aromatic rings. The van der Waals surface area contributed by atoms with Crippen molar-refractivity contribution in [1.82, 2.24) is 10.2 Å². The lowest BCUT2D eigenvalue weighted by molar-refractivity contribution is -0.140.